The average Bonchev–Trinajstić information content (AvgIpc) is 2.88. The van der Waals surface area contributed by atoms with Crippen molar-refractivity contribution < 1.29 is 8.42 Å². The van der Waals surface area contributed by atoms with Crippen LogP contribution in [0.5, 0.6) is 0 Å². The predicted molar refractivity (Wildman–Crippen MR) is 83.9 cm³/mol. The summed E-state index contributed by atoms with van der Waals surface area (Å²) in [6.07, 6.45) is 0.884. The number of benzene rings is 1. The van der Waals surface area contributed by atoms with Gasteiger partial charge in [0, 0.05) is 13.1 Å². The summed E-state index contributed by atoms with van der Waals surface area (Å²) >= 11 is 0. The van der Waals surface area contributed by atoms with E-state index in [1.807, 2.05) is 7.05 Å². The molecule has 1 heterocycles. The topological polar surface area (TPSA) is 73.2 Å². The van der Waals surface area contributed by atoms with Crippen LogP contribution in [0.15, 0.2) is 23.1 Å². The summed E-state index contributed by atoms with van der Waals surface area (Å²) in [4.78, 5) is 0.277. The molecule has 1 saturated heterocycles. The van der Waals surface area contributed by atoms with Crippen LogP contribution in [0.3, 0.4) is 0 Å². The van der Waals surface area contributed by atoms with Gasteiger partial charge in [-0.25, -0.2) is 8.42 Å². The first-order valence-corrected chi connectivity index (χ1v) is 8.08. The molecule has 0 amide bonds. The van der Waals surface area contributed by atoms with Crippen LogP contribution in [0.2, 0.25) is 0 Å². The molecule has 2 rings (SSSR count). The summed E-state index contributed by atoms with van der Waals surface area (Å²) < 4.78 is 26.7. The molecule has 0 radical (unpaired) electrons. The standard InChI is InChI=1S/C14H19N3O2S.ClH/c1-11-7-14(4-3-13(11)8-15)20(18,19)17-6-5-12(10-17)9-16-2;/h3-4,7,12,16H,5-6,9-10H2,1-2H3;1H. The smallest absolute Gasteiger partial charge is 0.243 e. The monoisotopic (exact) mass is 329 g/mol. The van der Waals surface area contributed by atoms with Gasteiger partial charge in [-0.15, -0.1) is 12.4 Å². The second kappa shape index (κ2) is 7.23. The summed E-state index contributed by atoms with van der Waals surface area (Å²) in [5, 5.41) is 12.0. The van der Waals surface area contributed by atoms with E-state index in [0.29, 0.717) is 30.1 Å². The maximum Gasteiger partial charge on any atom is 0.243 e. The molecule has 1 aromatic rings. The Hall–Kier alpha value is -1.13. The lowest BCUT2D eigenvalue weighted by Gasteiger charge is -2.17. The summed E-state index contributed by atoms with van der Waals surface area (Å²) in [6.45, 7) is 3.71. The number of nitrogens with zero attached hydrogens (tertiary/aromatic N) is 2. The molecule has 1 aliphatic heterocycles. The molecule has 0 aromatic heterocycles. The Bertz CT molecular complexity index is 640. The lowest BCUT2D eigenvalue weighted by molar-refractivity contribution is 0.451. The van der Waals surface area contributed by atoms with Gasteiger partial charge < -0.3 is 5.32 Å². The van der Waals surface area contributed by atoms with E-state index in [2.05, 4.69) is 11.4 Å². The van der Waals surface area contributed by atoms with Crippen LogP contribution < -0.4 is 5.32 Å². The van der Waals surface area contributed by atoms with Crippen LogP contribution >= 0.6 is 12.4 Å². The van der Waals surface area contributed by atoms with E-state index < -0.39 is 10.0 Å². The second-order valence-corrected chi connectivity index (χ2v) is 7.10. The van der Waals surface area contributed by atoms with Crippen LogP contribution in [0, 0.1) is 24.2 Å². The minimum absolute atomic E-state index is 0. The van der Waals surface area contributed by atoms with Gasteiger partial charge in [0.15, 0.2) is 0 Å². The number of aryl methyl sites for hydroxylation is 1. The molecular formula is C14H20ClN3O2S. The van der Waals surface area contributed by atoms with Crippen molar-refractivity contribution in [2.75, 3.05) is 26.7 Å². The molecule has 1 atom stereocenters. The Kier molecular flexibility index (Phi) is 6.17. The molecule has 0 saturated carbocycles. The Labute approximate surface area is 132 Å². The molecule has 21 heavy (non-hydrogen) atoms. The highest BCUT2D eigenvalue weighted by molar-refractivity contribution is 7.89. The molecule has 1 aromatic carbocycles. The van der Waals surface area contributed by atoms with Gasteiger partial charge in [0.05, 0.1) is 16.5 Å². The summed E-state index contributed by atoms with van der Waals surface area (Å²) in [5.41, 5.74) is 1.21. The number of hydrogen-bond donors (Lipinski definition) is 1. The van der Waals surface area contributed by atoms with Gasteiger partial charge in [-0.1, -0.05) is 0 Å². The zero-order chi connectivity index (χ0) is 14.8. The van der Waals surface area contributed by atoms with Gasteiger partial charge in [-0.2, -0.15) is 9.57 Å². The van der Waals surface area contributed by atoms with Crippen molar-refractivity contribution in [2.24, 2.45) is 5.92 Å². The van der Waals surface area contributed by atoms with Crippen molar-refractivity contribution >= 4 is 22.4 Å². The van der Waals surface area contributed by atoms with Gasteiger partial charge in [0.1, 0.15) is 0 Å². The summed E-state index contributed by atoms with van der Waals surface area (Å²) in [7, 11) is -1.57. The van der Waals surface area contributed by atoms with Crippen molar-refractivity contribution in [1.82, 2.24) is 9.62 Å². The minimum Gasteiger partial charge on any atom is -0.319 e. The molecule has 0 bridgehead atoms. The molecule has 1 fully saturated rings. The van der Waals surface area contributed by atoms with E-state index in [1.165, 1.54) is 10.4 Å². The average molecular weight is 330 g/mol. The number of hydrogen-bond acceptors (Lipinski definition) is 4. The molecular weight excluding hydrogens is 310 g/mol. The van der Waals surface area contributed by atoms with E-state index in [-0.39, 0.29) is 17.3 Å². The molecule has 1 aliphatic rings. The first-order valence-electron chi connectivity index (χ1n) is 6.64. The molecule has 7 heteroatoms. The summed E-state index contributed by atoms with van der Waals surface area (Å²) in [5.74, 6) is 0.370. The Morgan fingerprint density at radius 2 is 2.19 bits per heavy atom. The third kappa shape index (κ3) is 3.74. The van der Waals surface area contributed by atoms with E-state index in [0.717, 1.165) is 13.0 Å². The first-order chi connectivity index (χ1) is 9.48. The molecule has 0 aliphatic carbocycles. The summed E-state index contributed by atoms with van der Waals surface area (Å²) in [6, 6.07) is 6.73. The van der Waals surface area contributed by atoms with Crippen LogP contribution in [0.25, 0.3) is 0 Å². The highest BCUT2D eigenvalue weighted by atomic mass is 35.5. The van der Waals surface area contributed by atoms with Gasteiger partial charge >= 0.3 is 0 Å². The Morgan fingerprint density at radius 1 is 1.48 bits per heavy atom. The number of halogens is 1. The lowest BCUT2D eigenvalue weighted by Crippen LogP contribution is -2.30. The maximum atomic E-state index is 12.6. The number of nitrogens with one attached hydrogen (secondary N) is 1. The Morgan fingerprint density at radius 3 is 2.76 bits per heavy atom. The van der Waals surface area contributed by atoms with Crippen LogP contribution in [0.1, 0.15) is 17.5 Å². The van der Waals surface area contributed by atoms with Gasteiger partial charge in [-0.05, 0) is 56.6 Å². The molecule has 1 N–H and O–H groups in total. The highest BCUT2D eigenvalue weighted by Gasteiger charge is 2.32. The van der Waals surface area contributed by atoms with E-state index in [4.69, 9.17) is 5.26 Å². The lowest BCUT2D eigenvalue weighted by atomic mass is 10.1. The molecule has 0 spiro atoms. The van der Waals surface area contributed by atoms with Gasteiger partial charge in [0.25, 0.3) is 0 Å². The van der Waals surface area contributed by atoms with E-state index in [1.54, 1.807) is 19.1 Å². The molecule has 5 nitrogen and oxygen atoms in total. The minimum atomic E-state index is -3.44. The number of rotatable bonds is 4. The highest BCUT2D eigenvalue weighted by Crippen LogP contribution is 2.25. The van der Waals surface area contributed by atoms with E-state index in [9.17, 15) is 8.42 Å². The fourth-order valence-electron chi connectivity index (χ4n) is 2.54. The van der Waals surface area contributed by atoms with Gasteiger partial charge in [0.2, 0.25) is 10.0 Å². The van der Waals surface area contributed by atoms with Crippen molar-refractivity contribution in [2.45, 2.75) is 18.2 Å². The zero-order valence-electron chi connectivity index (χ0n) is 12.2. The third-order valence-corrected chi connectivity index (χ3v) is 5.56. The zero-order valence-corrected chi connectivity index (χ0v) is 13.8. The largest absolute Gasteiger partial charge is 0.319 e. The van der Waals surface area contributed by atoms with Crippen LogP contribution in [-0.2, 0) is 10.0 Å². The molecule has 1 unspecified atom stereocenters. The number of nitriles is 1. The van der Waals surface area contributed by atoms with Crippen molar-refractivity contribution in [3.8, 4) is 6.07 Å². The number of sulfonamides is 1. The quantitative estimate of drug-likeness (QED) is 0.909. The van der Waals surface area contributed by atoms with Crippen molar-refractivity contribution in [3.63, 3.8) is 0 Å². The van der Waals surface area contributed by atoms with E-state index >= 15 is 0 Å². The second-order valence-electron chi connectivity index (χ2n) is 5.16. The third-order valence-electron chi connectivity index (χ3n) is 3.70. The fraction of sp³-hybridized carbons (Fsp3) is 0.500. The van der Waals surface area contributed by atoms with Crippen LogP contribution in [-0.4, -0.2) is 39.4 Å². The van der Waals surface area contributed by atoms with Crippen LogP contribution in [0.4, 0.5) is 0 Å². The normalized spacial score (nSPS) is 19.0. The van der Waals surface area contributed by atoms with Gasteiger partial charge in [-0.3, -0.25) is 0 Å². The molecule has 116 valence electrons. The first kappa shape index (κ1) is 17.9. The predicted octanol–water partition coefficient (Wildman–Crippen LogP) is 1.52. The fourth-order valence-corrected chi connectivity index (χ4v) is 4.16. The Balaban J connectivity index is 0.00000220. The SMILES string of the molecule is CNCC1CCN(S(=O)(=O)c2ccc(C#N)c(C)c2)C1.Cl. The maximum absolute atomic E-state index is 12.6. The van der Waals surface area contributed by atoms with Crippen molar-refractivity contribution in [1.29, 1.82) is 5.26 Å². The van der Waals surface area contributed by atoms with Crippen molar-refractivity contribution in [3.05, 3.63) is 29.3 Å².